The summed E-state index contributed by atoms with van der Waals surface area (Å²) in [5, 5.41) is 3.35. The third kappa shape index (κ3) is 2.67. The van der Waals surface area contributed by atoms with Gasteiger partial charge in [0.2, 0.25) is 0 Å². The van der Waals surface area contributed by atoms with Crippen molar-refractivity contribution in [1.29, 1.82) is 0 Å². The summed E-state index contributed by atoms with van der Waals surface area (Å²) in [6.45, 7) is 1.98. The summed E-state index contributed by atoms with van der Waals surface area (Å²) in [5.74, 6) is 1.95. The van der Waals surface area contributed by atoms with E-state index in [1.165, 1.54) is 11.6 Å². The summed E-state index contributed by atoms with van der Waals surface area (Å²) in [4.78, 5) is 18.6. The predicted octanol–water partition coefficient (Wildman–Crippen LogP) is 2.30. The minimum atomic E-state index is -0.0914. The number of benzene rings is 1. The molecule has 1 aromatic heterocycles. The topological polar surface area (TPSA) is 57.8 Å². The Balaban J connectivity index is 1.71. The highest BCUT2D eigenvalue weighted by molar-refractivity contribution is 5.41. The number of nitrogens with zero attached hydrogens (tertiary/aromatic N) is 1. The van der Waals surface area contributed by atoms with Crippen LogP contribution in [0.4, 0.5) is 5.82 Å². The fraction of sp³-hybridized carbons (Fsp3) is 0.333. The molecule has 1 saturated carbocycles. The summed E-state index contributed by atoms with van der Waals surface area (Å²) in [6.07, 6.45) is 1.83. The lowest BCUT2D eigenvalue weighted by Gasteiger charge is -2.06. The molecule has 4 nitrogen and oxygen atoms in total. The summed E-state index contributed by atoms with van der Waals surface area (Å²) in [5.41, 5.74) is 1.26. The van der Waals surface area contributed by atoms with Crippen LogP contribution in [0, 0.1) is 0 Å². The Hall–Kier alpha value is -2.10. The second kappa shape index (κ2) is 4.88. The summed E-state index contributed by atoms with van der Waals surface area (Å²) < 4.78 is 0. The number of aryl methyl sites for hydroxylation is 1. The predicted molar refractivity (Wildman–Crippen MR) is 75.4 cm³/mol. The number of rotatable bonds is 4. The third-order valence-electron chi connectivity index (χ3n) is 3.48. The van der Waals surface area contributed by atoms with E-state index in [1.807, 2.05) is 13.0 Å². The molecule has 2 aromatic rings. The SMILES string of the molecule is CCc1nc(NC2CC2c2ccccc2)cc(=O)[nH]1. The normalized spacial score (nSPS) is 21.1. The zero-order valence-corrected chi connectivity index (χ0v) is 10.9. The quantitative estimate of drug-likeness (QED) is 0.881. The summed E-state index contributed by atoms with van der Waals surface area (Å²) in [6, 6.07) is 12.4. The van der Waals surface area contributed by atoms with Crippen molar-refractivity contribution in [1.82, 2.24) is 9.97 Å². The molecule has 4 heteroatoms. The molecule has 1 fully saturated rings. The van der Waals surface area contributed by atoms with Gasteiger partial charge in [-0.25, -0.2) is 4.98 Å². The van der Waals surface area contributed by atoms with Gasteiger partial charge in [-0.1, -0.05) is 37.3 Å². The Morgan fingerprint density at radius 3 is 2.89 bits per heavy atom. The number of aromatic amines is 1. The molecule has 1 heterocycles. The molecule has 2 N–H and O–H groups in total. The molecule has 0 aliphatic heterocycles. The van der Waals surface area contributed by atoms with Crippen LogP contribution in [0.2, 0.25) is 0 Å². The van der Waals surface area contributed by atoms with E-state index < -0.39 is 0 Å². The zero-order valence-electron chi connectivity index (χ0n) is 10.9. The molecule has 19 heavy (non-hydrogen) atoms. The van der Waals surface area contributed by atoms with Crippen molar-refractivity contribution >= 4 is 5.82 Å². The second-order valence-electron chi connectivity index (χ2n) is 4.93. The minimum Gasteiger partial charge on any atom is -0.366 e. The lowest BCUT2D eigenvalue weighted by atomic mass is 10.1. The van der Waals surface area contributed by atoms with Gasteiger partial charge in [0.05, 0.1) is 0 Å². The van der Waals surface area contributed by atoms with Crippen molar-refractivity contribution < 1.29 is 0 Å². The van der Waals surface area contributed by atoms with E-state index in [2.05, 4.69) is 39.6 Å². The van der Waals surface area contributed by atoms with Crippen LogP contribution in [-0.2, 0) is 6.42 Å². The first-order valence-electron chi connectivity index (χ1n) is 6.68. The molecule has 1 aliphatic rings. The van der Waals surface area contributed by atoms with Crippen LogP contribution >= 0.6 is 0 Å². The van der Waals surface area contributed by atoms with Crippen molar-refractivity contribution in [2.24, 2.45) is 0 Å². The van der Waals surface area contributed by atoms with E-state index in [4.69, 9.17) is 0 Å². The van der Waals surface area contributed by atoms with Crippen molar-refractivity contribution in [3.63, 3.8) is 0 Å². The molecular weight excluding hydrogens is 238 g/mol. The molecular formula is C15H17N3O. The highest BCUT2D eigenvalue weighted by Gasteiger charge is 2.38. The molecule has 0 radical (unpaired) electrons. The van der Waals surface area contributed by atoms with Gasteiger partial charge in [0, 0.05) is 24.4 Å². The van der Waals surface area contributed by atoms with Crippen LogP contribution in [0.15, 0.2) is 41.2 Å². The van der Waals surface area contributed by atoms with Gasteiger partial charge in [-0.3, -0.25) is 4.79 Å². The molecule has 1 aliphatic carbocycles. The molecule has 1 aromatic carbocycles. The number of hydrogen-bond donors (Lipinski definition) is 2. The van der Waals surface area contributed by atoms with Crippen LogP contribution < -0.4 is 10.9 Å². The Labute approximate surface area is 111 Å². The summed E-state index contributed by atoms with van der Waals surface area (Å²) >= 11 is 0. The smallest absolute Gasteiger partial charge is 0.252 e. The van der Waals surface area contributed by atoms with Crippen molar-refractivity contribution in [2.75, 3.05) is 5.32 Å². The molecule has 0 spiro atoms. The first-order valence-corrected chi connectivity index (χ1v) is 6.68. The number of nitrogens with one attached hydrogen (secondary N) is 2. The van der Waals surface area contributed by atoms with Gasteiger partial charge in [0.15, 0.2) is 0 Å². The molecule has 3 rings (SSSR count). The molecule has 2 atom stereocenters. The number of aromatic nitrogens is 2. The highest BCUT2D eigenvalue weighted by atomic mass is 16.1. The Morgan fingerprint density at radius 2 is 2.16 bits per heavy atom. The van der Waals surface area contributed by atoms with Crippen LogP contribution in [0.3, 0.4) is 0 Å². The summed E-state index contributed by atoms with van der Waals surface area (Å²) in [7, 11) is 0. The van der Waals surface area contributed by atoms with Crippen LogP contribution in [0.1, 0.15) is 30.7 Å². The van der Waals surface area contributed by atoms with Gasteiger partial charge < -0.3 is 10.3 Å². The molecule has 98 valence electrons. The zero-order chi connectivity index (χ0) is 13.2. The van der Waals surface area contributed by atoms with E-state index in [0.29, 0.717) is 17.8 Å². The lowest BCUT2D eigenvalue weighted by Crippen LogP contribution is -2.14. The third-order valence-corrected chi connectivity index (χ3v) is 3.48. The maximum absolute atomic E-state index is 11.5. The van der Waals surface area contributed by atoms with E-state index in [9.17, 15) is 4.79 Å². The van der Waals surface area contributed by atoms with Gasteiger partial charge in [0.25, 0.3) is 5.56 Å². The molecule has 0 saturated heterocycles. The molecule has 0 bridgehead atoms. The Kier molecular flexibility index (Phi) is 3.07. The highest BCUT2D eigenvalue weighted by Crippen LogP contribution is 2.42. The second-order valence-corrected chi connectivity index (χ2v) is 4.93. The van der Waals surface area contributed by atoms with Gasteiger partial charge in [0.1, 0.15) is 11.6 Å². The van der Waals surface area contributed by atoms with Gasteiger partial charge in [-0.2, -0.15) is 0 Å². The first kappa shape index (κ1) is 12.0. The number of anilines is 1. The largest absolute Gasteiger partial charge is 0.366 e. The monoisotopic (exact) mass is 255 g/mol. The minimum absolute atomic E-state index is 0.0914. The first-order chi connectivity index (χ1) is 9.26. The van der Waals surface area contributed by atoms with Crippen molar-refractivity contribution in [2.45, 2.75) is 31.7 Å². The average molecular weight is 255 g/mol. The fourth-order valence-electron chi connectivity index (χ4n) is 2.36. The standard InChI is InChI=1S/C15H17N3O/c1-2-13-17-14(9-15(19)18-13)16-12-8-11(12)10-6-4-3-5-7-10/h3-7,9,11-12H,2,8H2,1H3,(H2,16,17,18,19). The Bertz CT molecular complexity index is 621. The lowest BCUT2D eigenvalue weighted by molar-refractivity contribution is 0.910. The average Bonchev–Trinajstić information content (AvgIpc) is 3.18. The van der Waals surface area contributed by atoms with Gasteiger partial charge >= 0.3 is 0 Å². The van der Waals surface area contributed by atoms with Gasteiger partial charge in [-0.05, 0) is 12.0 Å². The van der Waals surface area contributed by atoms with Crippen LogP contribution in [0.25, 0.3) is 0 Å². The maximum atomic E-state index is 11.5. The van der Waals surface area contributed by atoms with E-state index in [-0.39, 0.29) is 5.56 Å². The molecule has 0 amide bonds. The van der Waals surface area contributed by atoms with Crippen molar-refractivity contribution in [3.05, 3.63) is 58.1 Å². The van der Waals surface area contributed by atoms with Gasteiger partial charge in [-0.15, -0.1) is 0 Å². The van der Waals surface area contributed by atoms with E-state index in [0.717, 1.165) is 18.7 Å². The van der Waals surface area contributed by atoms with E-state index >= 15 is 0 Å². The fourth-order valence-corrected chi connectivity index (χ4v) is 2.36. The number of hydrogen-bond acceptors (Lipinski definition) is 3. The molecule has 2 unspecified atom stereocenters. The number of H-pyrrole nitrogens is 1. The van der Waals surface area contributed by atoms with Crippen molar-refractivity contribution in [3.8, 4) is 0 Å². The van der Waals surface area contributed by atoms with Crippen LogP contribution in [0.5, 0.6) is 0 Å². The van der Waals surface area contributed by atoms with E-state index in [1.54, 1.807) is 0 Å². The van der Waals surface area contributed by atoms with Crippen LogP contribution in [-0.4, -0.2) is 16.0 Å². The Morgan fingerprint density at radius 1 is 1.37 bits per heavy atom. The maximum Gasteiger partial charge on any atom is 0.252 e.